The van der Waals surface area contributed by atoms with Gasteiger partial charge in [-0.25, -0.2) is 0 Å². The van der Waals surface area contributed by atoms with Crippen LogP contribution in [0.25, 0.3) is 0 Å². The third-order valence-corrected chi connectivity index (χ3v) is 4.46. The second-order valence-electron chi connectivity index (χ2n) is 5.97. The standard InChI is InChI=1S/C17H25N3O2/c1-12-14(17(22)19-11-10-16(18)21)8-5-9-15(12)20(2)13-6-3-4-7-13/h5,8-9,13H,3-4,6-7,10-11H2,1-2H3,(H2,18,21)(H,19,22). The zero-order chi connectivity index (χ0) is 16.1. The van der Waals surface area contributed by atoms with Gasteiger partial charge in [-0.1, -0.05) is 18.9 Å². The number of anilines is 1. The lowest BCUT2D eigenvalue weighted by atomic mass is 10.0. The fourth-order valence-electron chi connectivity index (χ4n) is 3.13. The molecule has 3 N–H and O–H groups in total. The molecule has 2 amide bonds. The van der Waals surface area contributed by atoms with Gasteiger partial charge >= 0.3 is 0 Å². The molecular weight excluding hydrogens is 278 g/mol. The first-order chi connectivity index (χ1) is 10.5. The number of amides is 2. The minimum Gasteiger partial charge on any atom is -0.371 e. The van der Waals surface area contributed by atoms with Crippen molar-refractivity contribution < 1.29 is 9.59 Å². The van der Waals surface area contributed by atoms with Crippen LogP contribution in [-0.2, 0) is 4.79 Å². The summed E-state index contributed by atoms with van der Waals surface area (Å²) in [7, 11) is 2.10. The average Bonchev–Trinajstić information content (AvgIpc) is 3.00. The van der Waals surface area contributed by atoms with Crippen LogP contribution in [0.5, 0.6) is 0 Å². The Morgan fingerprint density at radius 3 is 2.64 bits per heavy atom. The molecular formula is C17H25N3O2. The van der Waals surface area contributed by atoms with E-state index < -0.39 is 5.91 Å². The Kier molecular flexibility index (Phi) is 5.41. The van der Waals surface area contributed by atoms with Gasteiger partial charge in [-0.05, 0) is 37.5 Å². The molecule has 1 aliphatic rings. The van der Waals surface area contributed by atoms with Crippen molar-refractivity contribution in [3.63, 3.8) is 0 Å². The Hall–Kier alpha value is -2.04. The van der Waals surface area contributed by atoms with Crippen molar-refractivity contribution in [1.29, 1.82) is 0 Å². The van der Waals surface area contributed by atoms with E-state index in [2.05, 4.69) is 23.3 Å². The third kappa shape index (κ3) is 3.78. The summed E-state index contributed by atoms with van der Waals surface area (Å²) in [5.74, 6) is -0.563. The predicted octanol–water partition coefficient (Wildman–Crippen LogP) is 1.98. The maximum atomic E-state index is 12.3. The summed E-state index contributed by atoms with van der Waals surface area (Å²) in [5, 5.41) is 2.75. The van der Waals surface area contributed by atoms with Gasteiger partial charge < -0.3 is 16.0 Å². The van der Waals surface area contributed by atoms with Crippen LogP contribution in [0, 0.1) is 6.92 Å². The van der Waals surface area contributed by atoms with Crippen LogP contribution >= 0.6 is 0 Å². The molecule has 0 saturated heterocycles. The fraction of sp³-hybridized carbons (Fsp3) is 0.529. The molecule has 0 bridgehead atoms. The second kappa shape index (κ2) is 7.29. The minimum atomic E-state index is -0.410. The van der Waals surface area contributed by atoms with Crippen LogP contribution in [-0.4, -0.2) is 31.4 Å². The highest BCUT2D eigenvalue weighted by Gasteiger charge is 2.22. The Balaban J connectivity index is 2.11. The van der Waals surface area contributed by atoms with E-state index in [1.807, 2.05) is 19.1 Å². The lowest BCUT2D eigenvalue weighted by molar-refractivity contribution is -0.117. The molecule has 1 aliphatic carbocycles. The molecule has 0 unspecified atom stereocenters. The number of hydrogen-bond acceptors (Lipinski definition) is 3. The second-order valence-corrected chi connectivity index (χ2v) is 5.97. The molecule has 1 aromatic rings. The van der Waals surface area contributed by atoms with E-state index in [0.717, 1.165) is 11.3 Å². The molecule has 5 heteroatoms. The van der Waals surface area contributed by atoms with Gasteiger partial charge in [0.1, 0.15) is 0 Å². The zero-order valence-electron chi connectivity index (χ0n) is 13.4. The predicted molar refractivity (Wildman–Crippen MR) is 88.0 cm³/mol. The van der Waals surface area contributed by atoms with Crippen LogP contribution in [0.2, 0.25) is 0 Å². The summed E-state index contributed by atoms with van der Waals surface area (Å²) < 4.78 is 0. The monoisotopic (exact) mass is 303 g/mol. The van der Waals surface area contributed by atoms with Gasteiger partial charge in [-0.3, -0.25) is 9.59 Å². The van der Waals surface area contributed by atoms with E-state index in [9.17, 15) is 9.59 Å². The summed E-state index contributed by atoms with van der Waals surface area (Å²) >= 11 is 0. The van der Waals surface area contributed by atoms with Gasteiger partial charge in [0.25, 0.3) is 5.91 Å². The molecule has 5 nitrogen and oxygen atoms in total. The van der Waals surface area contributed by atoms with Crippen LogP contribution in [0.15, 0.2) is 18.2 Å². The van der Waals surface area contributed by atoms with Crippen LogP contribution in [0.1, 0.15) is 48.0 Å². The fourth-order valence-corrected chi connectivity index (χ4v) is 3.13. The molecule has 1 fully saturated rings. The smallest absolute Gasteiger partial charge is 0.251 e. The Morgan fingerprint density at radius 2 is 2.00 bits per heavy atom. The first-order valence-electron chi connectivity index (χ1n) is 7.89. The van der Waals surface area contributed by atoms with Gasteiger partial charge in [0.05, 0.1) is 0 Å². The van der Waals surface area contributed by atoms with Gasteiger partial charge in [0.15, 0.2) is 0 Å². The Bertz CT molecular complexity index is 551. The third-order valence-electron chi connectivity index (χ3n) is 4.46. The van der Waals surface area contributed by atoms with Crippen molar-refractivity contribution in [3.8, 4) is 0 Å². The minimum absolute atomic E-state index is 0.152. The van der Waals surface area contributed by atoms with Crippen LogP contribution in [0.4, 0.5) is 5.69 Å². The van der Waals surface area contributed by atoms with E-state index in [0.29, 0.717) is 11.6 Å². The van der Waals surface area contributed by atoms with E-state index in [-0.39, 0.29) is 18.9 Å². The number of rotatable bonds is 6. The Morgan fingerprint density at radius 1 is 1.32 bits per heavy atom. The molecule has 1 saturated carbocycles. The number of primary amides is 1. The summed E-state index contributed by atoms with van der Waals surface area (Å²) in [4.78, 5) is 25.3. The van der Waals surface area contributed by atoms with E-state index >= 15 is 0 Å². The number of nitrogens with one attached hydrogen (secondary N) is 1. The van der Waals surface area contributed by atoms with Crippen LogP contribution < -0.4 is 16.0 Å². The highest BCUT2D eigenvalue weighted by atomic mass is 16.2. The summed E-state index contributed by atoms with van der Waals surface area (Å²) in [6, 6.07) is 6.36. The quantitative estimate of drug-likeness (QED) is 0.843. The van der Waals surface area contributed by atoms with Crippen molar-refractivity contribution in [2.75, 3.05) is 18.5 Å². The van der Waals surface area contributed by atoms with E-state index in [4.69, 9.17) is 5.73 Å². The zero-order valence-corrected chi connectivity index (χ0v) is 13.4. The molecule has 120 valence electrons. The summed E-state index contributed by atoms with van der Waals surface area (Å²) in [6.45, 7) is 2.25. The number of carbonyl (C=O) groups is 2. The van der Waals surface area contributed by atoms with E-state index in [1.165, 1.54) is 25.7 Å². The summed E-state index contributed by atoms with van der Waals surface area (Å²) in [6.07, 6.45) is 5.14. The highest BCUT2D eigenvalue weighted by Crippen LogP contribution is 2.30. The van der Waals surface area contributed by atoms with Crippen molar-refractivity contribution >= 4 is 17.5 Å². The van der Waals surface area contributed by atoms with Gasteiger partial charge in [0, 0.05) is 37.3 Å². The van der Waals surface area contributed by atoms with Gasteiger partial charge in [0.2, 0.25) is 5.91 Å². The van der Waals surface area contributed by atoms with Gasteiger partial charge in [-0.2, -0.15) is 0 Å². The maximum absolute atomic E-state index is 12.3. The maximum Gasteiger partial charge on any atom is 0.251 e. The van der Waals surface area contributed by atoms with Crippen molar-refractivity contribution in [2.24, 2.45) is 5.73 Å². The average molecular weight is 303 g/mol. The molecule has 22 heavy (non-hydrogen) atoms. The molecule has 0 heterocycles. The first-order valence-corrected chi connectivity index (χ1v) is 7.89. The van der Waals surface area contributed by atoms with E-state index in [1.54, 1.807) is 0 Å². The number of hydrogen-bond donors (Lipinski definition) is 2. The van der Waals surface area contributed by atoms with Crippen molar-refractivity contribution in [2.45, 2.75) is 45.1 Å². The van der Waals surface area contributed by atoms with Gasteiger partial charge in [-0.15, -0.1) is 0 Å². The SMILES string of the molecule is Cc1c(C(=O)NCCC(N)=O)cccc1N(C)C1CCCC1. The molecule has 0 aromatic heterocycles. The number of nitrogens with two attached hydrogens (primary N) is 1. The van der Waals surface area contributed by atoms with Crippen molar-refractivity contribution in [1.82, 2.24) is 5.32 Å². The number of nitrogens with zero attached hydrogens (tertiary/aromatic N) is 1. The largest absolute Gasteiger partial charge is 0.371 e. The Labute approximate surface area is 131 Å². The normalized spacial score (nSPS) is 14.8. The molecule has 1 aromatic carbocycles. The lowest BCUT2D eigenvalue weighted by Crippen LogP contribution is -2.31. The van der Waals surface area contributed by atoms with Crippen molar-refractivity contribution in [3.05, 3.63) is 29.3 Å². The molecule has 0 spiro atoms. The number of carbonyl (C=O) groups excluding carboxylic acids is 2. The summed E-state index contributed by atoms with van der Waals surface area (Å²) in [5.41, 5.74) is 7.83. The molecule has 0 aliphatic heterocycles. The molecule has 0 radical (unpaired) electrons. The molecule has 2 rings (SSSR count). The molecule has 0 atom stereocenters. The first kappa shape index (κ1) is 16.3. The highest BCUT2D eigenvalue weighted by molar-refractivity contribution is 5.97. The lowest BCUT2D eigenvalue weighted by Gasteiger charge is -2.28. The number of benzene rings is 1. The van der Waals surface area contributed by atoms with Crippen LogP contribution in [0.3, 0.4) is 0 Å². The topological polar surface area (TPSA) is 75.4 Å².